The molecule has 0 aromatic heterocycles. The molecule has 5 nitrogen and oxygen atoms in total. The Kier molecular flexibility index (Phi) is 4.53. The van der Waals surface area contributed by atoms with Crippen LogP contribution in [0.15, 0.2) is 12.1 Å². The van der Waals surface area contributed by atoms with Gasteiger partial charge in [-0.15, -0.1) is 0 Å². The van der Waals surface area contributed by atoms with Gasteiger partial charge in [-0.2, -0.15) is 0 Å². The molecule has 0 unspecified atom stereocenters. The number of aryl methyl sites for hydroxylation is 2. The largest absolute Gasteiger partial charge is 0.465 e. The minimum Gasteiger partial charge on any atom is -0.465 e. The monoisotopic (exact) mass is 264 g/mol. The minimum absolute atomic E-state index is 0.129. The molecular formula is C14H20N2O3. The number of Topliss-reactive ketones (excluding diaryl/α,β-unsaturated/α-hetero) is 1. The van der Waals surface area contributed by atoms with Gasteiger partial charge in [-0.1, -0.05) is 0 Å². The molecule has 5 heteroatoms. The van der Waals surface area contributed by atoms with Crippen molar-refractivity contribution in [2.45, 2.75) is 20.8 Å². The van der Waals surface area contributed by atoms with Crippen LogP contribution in [0.1, 0.15) is 18.1 Å². The lowest BCUT2D eigenvalue weighted by Crippen LogP contribution is -2.33. The molecule has 1 amide bonds. The summed E-state index contributed by atoms with van der Waals surface area (Å²) in [7, 11) is 3.89. The highest BCUT2D eigenvalue weighted by Gasteiger charge is 2.18. The molecule has 0 heterocycles. The van der Waals surface area contributed by atoms with Gasteiger partial charge in [0.1, 0.15) is 5.78 Å². The number of rotatable bonds is 4. The fourth-order valence-corrected chi connectivity index (χ4v) is 2.29. The van der Waals surface area contributed by atoms with Crippen molar-refractivity contribution in [1.82, 2.24) is 0 Å². The molecule has 104 valence electrons. The predicted octanol–water partition coefficient (Wildman–Crippen LogP) is 2.44. The highest BCUT2D eigenvalue weighted by molar-refractivity contribution is 5.94. The summed E-state index contributed by atoms with van der Waals surface area (Å²) in [5.74, 6) is -0.186. The number of hydrogen-bond acceptors (Lipinski definition) is 3. The summed E-state index contributed by atoms with van der Waals surface area (Å²) >= 11 is 0. The Balaban J connectivity index is 3.27. The fourth-order valence-electron chi connectivity index (χ4n) is 2.29. The summed E-state index contributed by atoms with van der Waals surface area (Å²) < 4.78 is 0. The van der Waals surface area contributed by atoms with Gasteiger partial charge in [0.15, 0.2) is 0 Å². The smallest absolute Gasteiger partial charge is 0.412 e. The lowest BCUT2D eigenvalue weighted by molar-refractivity contribution is -0.115. The van der Waals surface area contributed by atoms with Gasteiger partial charge < -0.3 is 10.0 Å². The van der Waals surface area contributed by atoms with E-state index in [2.05, 4.69) is 0 Å². The van der Waals surface area contributed by atoms with E-state index in [9.17, 15) is 14.7 Å². The van der Waals surface area contributed by atoms with Gasteiger partial charge >= 0.3 is 6.09 Å². The zero-order chi connectivity index (χ0) is 14.7. The highest BCUT2D eigenvalue weighted by Crippen LogP contribution is 2.29. The molecule has 1 aromatic carbocycles. The number of carboxylic acid groups (broad SMARTS) is 1. The standard InChI is InChI=1S/C14H20N2O3/c1-9-6-12(7-10(2)13(9)15(4)5)16(14(18)19)8-11(3)17/h6-7H,8H2,1-5H3,(H,18,19). The minimum atomic E-state index is -1.12. The first-order valence-corrected chi connectivity index (χ1v) is 6.02. The summed E-state index contributed by atoms with van der Waals surface area (Å²) in [6.07, 6.45) is -1.12. The summed E-state index contributed by atoms with van der Waals surface area (Å²) in [6.45, 7) is 5.11. The topological polar surface area (TPSA) is 60.9 Å². The maximum atomic E-state index is 11.2. The van der Waals surface area contributed by atoms with Crippen LogP contribution < -0.4 is 9.80 Å². The van der Waals surface area contributed by atoms with Gasteiger partial charge in [0.25, 0.3) is 0 Å². The second-order valence-electron chi connectivity index (χ2n) is 4.89. The lowest BCUT2D eigenvalue weighted by Gasteiger charge is -2.23. The molecule has 1 rings (SSSR count). The first-order valence-electron chi connectivity index (χ1n) is 6.02. The van der Waals surface area contributed by atoms with E-state index < -0.39 is 6.09 Å². The van der Waals surface area contributed by atoms with E-state index in [1.807, 2.05) is 32.8 Å². The first kappa shape index (κ1) is 15.0. The highest BCUT2D eigenvalue weighted by atomic mass is 16.4. The molecule has 0 saturated carbocycles. The van der Waals surface area contributed by atoms with Crippen LogP contribution in [0.3, 0.4) is 0 Å². The van der Waals surface area contributed by atoms with Crippen LogP contribution in [0, 0.1) is 13.8 Å². The quantitative estimate of drug-likeness (QED) is 0.907. The Morgan fingerprint density at radius 2 is 1.63 bits per heavy atom. The summed E-state index contributed by atoms with van der Waals surface area (Å²) in [5, 5.41) is 9.20. The van der Waals surface area contributed by atoms with Gasteiger partial charge in [0.2, 0.25) is 0 Å². The second kappa shape index (κ2) is 5.73. The van der Waals surface area contributed by atoms with Crippen molar-refractivity contribution < 1.29 is 14.7 Å². The molecule has 0 aliphatic carbocycles. The Morgan fingerprint density at radius 1 is 1.16 bits per heavy atom. The number of benzene rings is 1. The van der Waals surface area contributed by atoms with Crippen LogP contribution in [0.4, 0.5) is 16.2 Å². The maximum absolute atomic E-state index is 11.2. The maximum Gasteiger partial charge on any atom is 0.412 e. The normalized spacial score (nSPS) is 10.2. The number of amides is 1. The van der Waals surface area contributed by atoms with Crippen molar-refractivity contribution >= 4 is 23.3 Å². The van der Waals surface area contributed by atoms with Crippen LogP contribution in [-0.4, -0.2) is 37.6 Å². The SMILES string of the molecule is CC(=O)CN(C(=O)O)c1cc(C)c(N(C)C)c(C)c1. The van der Waals surface area contributed by atoms with E-state index in [4.69, 9.17) is 0 Å². The number of carbonyl (C=O) groups excluding carboxylic acids is 1. The summed E-state index contributed by atoms with van der Waals surface area (Å²) in [4.78, 5) is 25.5. The summed E-state index contributed by atoms with van der Waals surface area (Å²) in [5.41, 5.74) is 3.56. The van der Waals surface area contributed by atoms with Gasteiger partial charge in [-0.3, -0.25) is 9.69 Å². The molecule has 1 N–H and O–H groups in total. The molecule has 0 bridgehead atoms. The molecular weight excluding hydrogens is 244 g/mol. The van der Waals surface area contributed by atoms with Crippen LogP contribution in [0.2, 0.25) is 0 Å². The molecule has 0 spiro atoms. The predicted molar refractivity (Wildman–Crippen MR) is 76.3 cm³/mol. The van der Waals surface area contributed by atoms with Crippen molar-refractivity contribution in [3.05, 3.63) is 23.3 Å². The first-order chi connectivity index (χ1) is 8.73. The van der Waals surface area contributed by atoms with Crippen LogP contribution in [0.5, 0.6) is 0 Å². The molecule has 1 aromatic rings. The number of anilines is 2. The average Bonchev–Trinajstić information content (AvgIpc) is 2.23. The van der Waals surface area contributed by atoms with Crippen molar-refractivity contribution in [2.75, 3.05) is 30.4 Å². The van der Waals surface area contributed by atoms with Gasteiger partial charge in [0, 0.05) is 25.5 Å². The van der Waals surface area contributed by atoms with Crippen molar-refractivity contribution in [3.8, 4) is 0 Å². The number of nitrogens with zero attached hydrogens (tertiary/aromatic N) is 2. The third-order valence-electron chi connectivity index (χ3n) is 2.85. The zero-order valence-electron chi connectivity index (χ0n) is 12.0. The molecule has 0 radical (unpaired) electrons. The van der Waals surface area contributed by atoms with Gasteiger partial charge in [0.05, 0.1) is 6.54 Å². The fraction of sp³-hybridized carbons (Fsp3) is 0.429. The van der Waals surface area contributed by atoms with Crippen molar-refractivity contribution in [1.29, 1.82) is 0 Å². The van der Waals surface area contributed by atoms with E-state index in [1.54, 1.807) is 12.1 Å². The van der Waals surface area contributed by atoms with Gasteiger partial charge in [-0.05, 0) is 44.0 Å². The van der Waals surface area contributed by atoms with E-state index in [-0.39, 0.29) is 12.3 Å². The number of hydrogen-bond donors (Lipinski definition) is 1. The second-order valence-corrected chi connectivity index (χ2v) is 4.89. The molecule has 0 aliphatic heterocycles. The van der Waals surface area contributed by atoms with E-state index in [0.717, 1.165) is 21.7 Å². The molecule has 19 heavy (non-hydrogen) atoms. The third-order valence-corrected chi connectivity index (χ3v) is 2.85. The van der Waals surface area contributed by atoms with Gasteiger partial charge in [-0.25, -0.2) is 4.79 Å². The van der Waals surface area contributed by atoms with E-state index >= 15 is 0 Å². The number of ketones is 1. The van der Waals surface area contributed by atoms with E-state index in [0.29, 0.717) is 5.69 Å². The molecule has 0 atom stereocenters. The van der Waals surface area contributed by atoms with Crippen LogP contribution in [0.25, 0.3) is 0 Å². The summed E-state index contributed by atoms with van der Waals surface area (Å²) in [6, 6.07) is 3.58. The molecule has 0 saturated heterocycles. The Morgan fingerprint density at radius 3 is 1.95 bits per heavy atom. The Hall–Kier alpha value is -2.04. The van der Waals surface area contributed by atoms with E-state index in [1.165, 1.54) is 6.92 Å². The molecule has 0 fully saturated rings. The van der Waals surface area contributed by atoms with Crippen LogP contribution in [-0.2, 0) is 4.79 Å². The van der Waals surface area contributed by atoms with Crippen LogP contribution >= 0.6 is 0 Å². The van der Waals surface area contributed by atoms with Crippen molar-refractivity contribution in [2.24, 2.45) is 0 Å². The third kappa shape index (κ3) is 3.47. The van der Waals surface area contributed by atoms with Crippen molar-refractivity contribution in [3.63, 3.8) is 0 Å². The average molecular weight is 264 g/mol. The Labute approximate surface area is 113 Å². The molecule has 0 aliphatic rings. The lowest BCUT2D eigenvalue weighted by atomic mass is 10.1. The Bertz CT molecular complexity index is 486. The number of carbonyl (C=O) groups is 2. The zero-order valence-corrected chi connectivity index (χ0v) is 12.0.